The van der Waals surface area contributed by atoms with Crippen molar-refractivity contribution in [2.24, 2.45) is 0 Å². The third-order valence-electron chi connectivity index (χ3n) is 3.96. The molecule has 1 heterocycles. The van der Waals surface area contributed by atoms with Gasteiger partial charge in [-0.2, -0.15) is 0 Å². The van der Waals surface area contributed by atoms with Crippen LogP contribution in [0.2, 0.25) is 5.02 Å². The number of hydrogen-bond donors (Lipinski definition) is 2. The average Bonchev–Trinajstić information content (AvgIpc) is 3.09. The molecule has 0 fully saturated rings. The monoisotopic (exact) mass is 340 g/mol. The normalized spacial score (nSPS) is 16.5. The standard InChI is InChI=1S/C16H18ClFN2OS/c1-9(16-20-13-3-2-4-15(13)22-16)19-14(8-21)10-5-6-11(17)12(18)7-10/h5-7,9,14,19,21H,2-4,8H2,1H3. The summed E-state index contributed by atoms with van der Waals surface area (Å²) >= 11 is 7.44. The summed E-state index contributed by atoms with van der Waals surface area (Å²) in [7, 11) is 0. The number of aliphatic hydroxyl groups is 1. The lowest BCUT2D eigenvalue weighted by atomic mass is 10.1. The molecule has 0 spiro atoms. The van der Waals surface area contributed by atoms with Crippen LogP contribution < -0.4 is 5.32 Å². The van der Waals surface area contributed by atoms with Gasteiger partial charge in [0.25, 0.3) is 0 Å². The molecule has 0 radical (unpaired) electrons. The molecule has 2 aromatic rings. The Morgan fingerprint density at radius 2 is 2.27 bits per heavy atom. The van der Waals surface area contributed by atoms with E-state index in [2.05, 4.69) is 10.3 Å². The molecule has 1 aromatic carbocycles. The van der Waals surface area contributed by atoms with E-state index in [-0.39, 0.29) is 23.7 Å². The van der Waals surface area contributed by atoms with E-state index in [1.54, 1.807) is 17.4 Å². The molecule has 2 N–H and O–H groups in total. The summed E-state index contributed by atoms with van der Waals surface area (Å²) in [6, 6.07) is 4.27. The predicted octanol–water partition coefficient (Wildman–Crippen LogP) is 3.81. The zero-order chi connectivity index (χ0) is 15.7. The van der Waals surface area contributed by atoms with Gasteiger partial charge in [-0.05, 0) is 43.9 Å². The highest BCUT2D eigenvalue weighted by molar-refractivity contribution is 7.11. The van der Waals surface area contributed by atoms with Crippen molar-refractivity contribution in [3.05, 3.63) is 50.2 Å². The molecular weight excluding hydrogens is 323 g/mol. The van der Waals surface area contributed by atoms with E-state index in [9.17, 15) is 9.50 Å². The molecule has 6 heteroatoms. The Bertz CT molecular complexity index is 655. The number of benzene rings is 1. The zero-order valence-electron chi connectivity index (χ0n) is 12.3. The number of thiazole rings is 1. The first kappa shape index (κ1) is 15.9. The minimum Gasteiger partial charge on any atom is -0.394 e. The Balaban J connectivity index is 1.75. The Morgan fingerprint density at radius 1 is 1.45 bits per heavy atom. The van der Waals surface area contributed by atoms with Crippen molar-refractivity contribution in [2.45, 2.75) is 38.3 Å². The van der Waals surface area contributed by atoms with Crippen LogP contribution in [0.5, 0.6) is 0 Å². The van der Waals surface area contributed by atoms with Crippen LogP contribution in [0.1, 0.15) is 46.6 Å². The van der Waals surface area contributed by atoms with Crippen LogP contribution in [0, 0.1) is 5.82 Å². The number of fused-ring (bicyclic) bond motifs is 1. The molecule has 22 heavy (non-hydrogen) atoms. The molecule has 2 unspecified atom stereocenters. The molecule has 0 aliphatic heterocycles. The maximum Gasteiger partial charge on any atom is 0.142 e. The van der Waals surface area contributed by atoms with Gasteiger partial charge in [-0.3, -0.25) is 5.32 Å². The fourth-order valence-corrected chi connectivity index (χ4v) is 4.03. The van der Waals surface area contributed by atoms with Crippen molar-refractivity contribution in [2.75, 3.05) is 6.61 Å². The Morgan fingerprint density at radius 3 is 2.95 bits per heavy atom. The largest absolute Gasteiger partial charge is 0.394 e. The molecule has 3 rings (SSSR count). The van der Waals surface area contributed by atoms with E-state index in [1.807, 2.05) is 6.92 Å². The van der Waals surface area contributed by atoms with Crippen LogP contribution in [0.3, 0.4) is 0 Å². The maximum atomic E-state index is 13.6. The van der Waals surface area contributed by atoms with Crippen molar-refractivity contribution in [3.8, 4) is 0 Å². The number of nitrogens with zero attached hydrogens (tertiary/aromatic N) is 1. The number of hydrogen-bond acceptors (Lipinski definition) is 4. The number of aromatic nitrogens is 1. The van der Waals surface area contributed by atoms with Gasteiger partial charge in [-0.25, -0.2) is 9.37 Å². The molecule has 1 aliphatic rings. The van der Waals surface area contributed by atoms with Crippen LogP contribution in [0.4, 0.5) is 4.39 Å². The van der Waals surface area contributed by atoms with Crippen molar-refractivity contribution >= 4 is 22.9 Å². The molecule has 0 saturated carbocycles. The number of rotatable bonds is 5. The first-order valence-corrected chi connectivity index (χ1v) is 8.58. The summed E-state index contributed by atoms with van der Waals surface area (Å²) in [5, 5.41) is 14.1. The van der Waals surface area contributed by atoms with E-state index in [0.29, 0.717) is 5.56 Å². The van der Waals surface area contributed by atoms with E-state index in [4.69, 9.17) is 11.6 Å². The van der Waals surface area contributed by atoms with Crippen LogP contribution in [0.15, 0.2) is 18.2 Å². The van der Waals surface area contributed by atoms with Gasteiger partial charge in [0.05, 0.1) is 29.4 Å². The summed E-state index contributed by atoms with van der Waals surface area (Å²) < 4.78 is 13.6. The van der Waals surface area contributed by atoms with Gasteiger partial charge < -0.3 is 5.11 Å². The lowest BCUT2D eigenvalue weighted by Gasteiger charge is -2.21. The maximum absolute atomic E-state index is 13.6. The first-order chi connectivity index (χ1) is 10.6. The molecule has 1 aliphatic carbocycles. The van der Waals surface area contributed by atoms with Crippen molar-refractivity contribution in [1.29, 1.82) is 0 Å². The summed E-state index contributed by atoms with van der Waals surface area (Å²) in [6.45, 7) is 1.90. The predicted molar refractivity (Wildman–Crippen MR) is 86.9 cm³/mol. The summed E-state index contributed by atoms with van der Waals surface area (Å²) in [5.41, 5.74) is 1.90. The number of halogens is 2. The smallest absolute Gasteiger partial charge is 0.142 e. The summed E-state index contributed by atoms with van der Waals surface area (Å²) in [4.78, 5) is 6.06. The fourth-order valence-electron chi connectivity index (χ4n) is 2.75. The Hall–Kier alpha value is -1.01. The molecule has 0 saturated heterocycles. The van der Waals surface area contributed by atoms with E-state index in [1.165, 1.54) is 29.1 Å². The molecule has 1 aromatic heterocycles. The minimum absolute atomic E-state index is 0.00601. The lowest BCUT2D eigenvalue weighted by Crippen LogP contribution is -2.27. The topological polar surface area (TPSA) is 45.1 Å². The highest BCUT2D eigenvalue weighted by atomic mass is 35.5. The summed E-state index contributed by atoms with van der Waals surface area (Å²) in [5.74, 6) is -0.472. The van der Waals surface area contributed by atoms with Crippen LogP contribution in [-0.2, 0) is 12.8 Å². The van der Waals surface area contributed by atoms with Crippen molar-refractivity contribution in [3.63, 3.8) is 0 Å². The van der Waals surface area contributed by atoms with E-state index >= 15 is 0 Å². The Labute approximate surface area is 138 Å². The molecule has 118 valence electrons. The highest BCUT2D eigenvalue weighted by Gasteiger charge is 2.22. The lowest BCUT2D eigenvalue weighted by molar-refractivity contribution is 0.235. The minimum atomic E-state index is -0.472. The Kier molecular flexibility index (Phi) is 4.78. The summed E-state index contributed by atoms with van der Waals surface area (Å²) in [6.07, 6.45) is 3.37. The second-order valence-electron chi connectivity index (χ2n) is 5.57. The van der Waals surface area contributed by atoms with Crippen LogP contribution >= 0.6 is 22.9 Å². The molecule has 2 atom stereocenters. The number of nitrogens with one attached hydrogen (secondary N) is 1. The van der Waals surface area contributed by atoms with Crippen LogP contribution in [0.25, 0.3) is 0 Å². The third kappa shape index (κ3) is 3.18. The zero-order valence-corrected chi connectivity index (χ0v) is 13.8. The van der Waals surface area contributed by atoms with Gasteiger partial charge in [0.2, 0.25) is 0 Å². The van der Waals surface area contributed by atoms with Gasteiger partial charge >= 0.3 is 0 Å². The quantitative estimate of drug-likeness (QED) is 0.870. The fraction of sp³-hybridized carbons (Fsp3) is 0.438. The van der Waals surface area contributed by atoms with Gasteiger partial charge in [-0.1, -0.05) is 17.7 Å². The molecule has 3 nitrogen and oxygen atoms in total. The first-order valence-electron chi connectivity index (χ1n) is 7.39. The van der Waals surface area contributed by atoms with Gasteiger partial charge in [0, 0.05) is 4.88 Å². The van der Waals surface area contributed by atoms with Crippen molar-refractivity contribution < 1.29 is 9.50 Å². The molecular formula is C16H18ClFN2OS. The number of aryl methyl sites for hydroxylation is 2. The molecule has 0 amide bonds. The second kappa shape index (κ2) is 6.62. The van der Waals surface area contributed by atoms with Crippen molar-refractivity contribution in [1.82, 2.24) is 10.3 Å². The van der Waals surface area contributed by atoms with Gasteiger partial charge in [0.1, 0.15) is 10.8 Å². The SMILES string of the molecule is CC(NC(CO)c1ccc(Cl)c(F)c1)c1nc2c(s1)CCC2. The second-order valence-corrected chi connectivity index (χ2v) is 7.09. The van der Waals surface area contributed by atoms with Gasteiger partial charge in [-0.15, -0.1) is 11.3 Å². The molecule has 0 bridgehead atoms. The highest BCUT2D eigenvalue weighted by Crippen LogP contribution is 2.31. The van der Waals surface area contributed by atoms with Gasteiger partial charge in [0.15, 0.2) is 0 Å². The van der Waals surface area contributed by atoms with Crippen LogP contribution in [-0.4, -0.2) is 16.7 Å². The van der Waals surface area contributed by atoms with E-state index in [0.717, 1.165) is 17.8 Å². The average molecular weight is 341 g/mol. The third-order valence-corrected chi connectivity index (χ3v) is 5.61. The number of aliphatic hydroxyl groups excluding tert-OH is 1. The van der Waals surface area contributed by atoms with E-state index < -0.39 is 5.82 Å².